The van der Waals surface area contributed by atoms with Crippen LogP contribution in [0.1, 0.15) is 21.5 Å². The molecule has 1 amide bonds. The topological polar surface area (TPSA) is 106 Å². The predicted molar refractivity (Wildman–Crippen MR) is 105 cm³/mol. The highest BCUT2D eigenvalue weighted by molar-refractivity contribution is 6.00. The SMILES string of the molecule is Cc1cccn2c(=O)c3cc(C(=O)NCc4cccnc4)c(N)[n+](C)c3nc12. The smallest absolute Gasteiger partial charge is 0.278 e. The number of hydrogen-bond donors (Lipinski definition) is 2. The van der Waals surface area contributed by atoms with E-state index in [0.717, 1.165) is 11.1 Å². The van der Waals surface area contributed by atoms with Gasteiger partial charge in [0.15, 0.2) is 0 Å². The van der Waals surface area contributed by atoms with Crippen LogP contribution in [-0.4, -0.2) is 20.3 Å². The third-order valence-corrected chi connectivity index (χ3v) is 4.73. The first kappa shape index (κ1) is 17.6. The van der Waals surface area contributed by atoms with E-state index < -0.39 is 0 Å². The van der Waals surface area contributed by atoms with Crippen molar-refractivity contribution < 1.29 is 9.36 Å². The molecule has 8 nitrogen and oxygen atoms in total. The first-order valence-electron chi connectivity index (χ1n) is 8.74. The van der Waals surface area contributed by atoms with Crippen LogP contribution in [0.5, 0.6) is 0 Å². The fourth-order valence-corrected chi connectivity index (χ4v) is 3.16. The van der Waals surface area contributed by atoms with E-state index in [0.29, 0.717) is 23.2 Å². The molecule has 4 rings (SSSR count). The van der Waals surface area contributed by atoms with E-state index in [4.69, 9.17) is 5.73 Å². The fourth-order valence-electron chi connectivity index (χ4n) is 3.16. The number of nitrogens with zero attached hydrogens (tertiary/aromatic N) is 4. The van der Waals surface area contributed by atoms with Gasteiger partial charge in [-0.3, -0.25) is 19.0 Å². The molecular weight excluding hydrogens is 356 g/mol. The molecule has 4 aromatic heterocycles. The number of rotatable bonds is 3. The van der Waals surface area contributed by atoms with E-state index in [1.54, 1.807) is 42.3 Å². The van der Waals surface area contributed by atoms with Gasteiger partial charge in [-0.05, 0) is 30.7 Å². The van der Waals surface area contributed by atoms with Crippen molar-refractivity contribution in [3.05, 3.63) is 76.0 Å². The number of aromatic nitrogens is 4. The standard InChI is InChI=1S/C20H18N6O2/c1-12-5-4-8-26-17(12)24-18-15(20(26)28)9-14(16(21)25(18)2)19(27)23-11-13-6-3-7-22-10-13/h3-10,21H,11H2,1-2H3,(H,23,27)/p+1. The number of anilines is 1. The van der Waals surface area contributed by atoms with Gasteiger partial charge in [-0.1, -0.05) is 17.1 Å². The summed E-state index contributed by atoms with van der Waals surface area (Å²) in [6.07, 6.45) is 5.00. The Morgan fingerprint density at radius 1 is 1.32 bits per heavy atom. The molecule has 0 aliphatic carbocycles. The van der Waals surface area contributed by atoms with Gasteiger partial charge in [-0.15, -0.1) is 0 Å². The molecule has 0 unspecified atom stereocenters. The molecule has 0 aromatic carbocycles. The normalized spacial score (nSPS) is 11.1. The zero-order valence-corrected chi connectivity index (χ0v) is 15.5. The van der Waals surface area contributed by atoms with Crippen LogP contribution in [0.2, 0.25) is 0 Å². The fraction of sp³-hybridized carbons (Fsp3) is 0.150. The van der Waals surface area contributed by atoms with E-state index >= 15 is 0 Å². The number of fused-ring (bicyclic) bond motifs is 2. The molecular formula is C20H19N6O2+. The molecule has 0 atom stereocenters. The van der Waals surface area contributed by atoms with Gasteiger partial charge in [0, 0.05) is 30.7 Å². The Labute approximate surface area is 160 Å². The number of nitrogen functional groups attached to an aromatic ring is 1. The maximum Gasteiger partial charge on any atom is 0.278 e. The van der Waals surface area contributed by atoms with Crippen LogP contribution >= 0.6 is 0 Å². The van der Waals surface area contributed by atoms with Crippen LogP contribution in [0.3, 0.4) is 0 Å². The minimum Gasteiger partial charge on any atom is -0.348 e. The molecule has 140 valence electrons. The van der Waals surface area contributed by atoms with Gasteiger partial charge in [-0.25, -0.2) is 4.57 Å². The van der Waals surface area contributed by atoms with Crippen LogP contribution < -0.4 is 21.2 Å². The summed E-state index contributed by atoms with van der Waals surface area (Å²) < 4.78 is 3.05. The lowest BCUT2D eigenvalue weighted by Gasteiger charge is -2.10. The largest absolute Gasteiger partial charge is 0.348 e. The second kappa shape index (κ2) is 6.73. The zero-order valence-electron chi connectivity index (χ0n) is 15.5. The third-order valence-electron chi connectivity index (χ3n) is 4.73. The molecule has 4 heterocycles. The summed E-state index contributed by atoms with van der Waals surface area (Å²) in [6.45, 7) is 2.19. The molecule has 0 fully saturated rings. The number of carbonyl (C=O) groups is 1. The van der Waals surface area contributed by atoms with Crippen LogP contribution in [0.15, 0.2) is 53.7 Å². The monoisotopic (exact) mass is 375 g/mol. The number of hydrogen-bond acceptors (Lipinski definition) is 5. The van der Waals surface area contributed by atoms with Crippen LogP contribution in [-0.2, 0) is 13.6 Å². The molecule has 0 saturated carbocycles. The lowest BCUT2D eigenvalue weighted by atomic mass is 10.1. The molecule has 3 N–H and O–H groups in total. The highest BCUT2D eigenvalue weighted by Crippen LogP contribution is 2.15. The highest BCUT2D eigenvalue weighted by Gasteiger charge is 2.22. The molecule has 0 spiro atoms. The summed E-state index contributed by atoms with van der Waals surface area (Å²) in [6, 6.07) is 8.84. The van der Waals surface area contributed by atoms with Gasteiger partial charge >= 0.3 is 0 Å². The Kier molecular flexibility index (Phi) is 4.23. The van der Waals surface area contributed by atoms with E-state index in [-0.39, 0.29) is 22.8 Å². The van der Waals surface area contributed by atoms with Gasteiger partial charge in [-0.2, -0.15) is 0 Å². The number of amides is 1. The van der Waals surface area contributed by atoms with Crippen LogP contribution in [0.4, 0.5) is 5.82 Å². The Morgan fingerprint density at radius 3 is 2.89 bits per heavy atom. The van der Waals surface area contributed by atoms with Gasteiger partial charge < -0.3 is 11.1 Å². The van der Waals surface area contributed by atoms with Crippen molar-refractivity contribution in [3.63, 3.8) is 0 Å². The van der Waals surface area contributed by atoms with Crippen molar-refractivity contribution in [1.29, 1.82) is 0 Å². The third kappa shape index (κ3) is 2.84. The second-order valence-electron chi connectivity index (χ2n) is 6.59. The molecule has 0 bridgehead atoms. The lowest BCUT2D eigenvalue weighted by Crippen LogP contribution is -2.39. The number of aryl methyl sites for hydroxylation is 2. The maximum atomic E-state index is 13.0. The first-order valence-corrected chi connectivity index (χ1v) is 8.74. The van der Waals surface area contributed by atoms with Crippen molar-refractivity contribution in [2.24, 2.45) is 7.05 Å². The summed E-state index contributed by atoms with van der Waals surface area (Å²) >= 11 is 0. The van der Waals surface area contributed by atoms with Crippen LogP contribution in [0.25, 0.3) is 16.7 Å². The van der Waals surface area contributed by atoms with Crippen molar-refractivity contribution in [3.8, 4) is 0 Å². The Morgan fingerprint density at radius 2 is 2.14 bits per heavy atom. The molecule has 0 aliphatic heterocycles. The van der Waals surface area contributed by atoms with E-state index in [9.17, 15) is 9.59 Å². The summed E-state index contributed by atoms with van der Waals surface area (Å²) in [5.74, 6) is -0.131. The zero-order chi connectivity index (χ0) is 19.8. The van der Waals surface area contributed by atoms with Gasteiger partial charge in [0.1, 0.15) is 10.9 Å². The van der Waals surface area contributed by atoms with Crippen molar-refractivity contribution >= 4 is 28.4 Å². The van der Waals surface area contributed by atoms with Gasteiger partial charge in [0.05, 0.1) is 7.05 Å². The van der Waals surface area contributed by atoms with Crippen molar-refractivity contribution in [1.82, 2.24) is 19.7 Å². The van der Waals surface area contributed by atoms with E-state index in [1.165, 1.54) is 10.5 Å². The number of pyridine rings is 3. The maximum absolute atomic E-state index is 13.0. The van der Waals surface area contributed by atoms with Crippen molar-refractivity contribution in [2.75, 3.05) is 5.73 Å². The molecule has 0 aliphatic rings. The quantitative estimate of drug-likeness (QED) is 0.409. The predicted octanol–water partition coefficient (Wildman–Crippen LogP) is 0.888. The van der Waals surface area contributed by atoms with E-state index in [2.05, 4.69) is 15.3 Å². The second-order valence-corrected chi connectivity index (χ2v) is 6.59. The molecule has 8 heteroatoms. The van der Waals surface area contributed by atoms with Gasteiger partial charge in [0.25, 0.3) is 17.1 Å². The number of carbonyl (C=O) groups excluding carboxylic acids is 1. The number of nitrogens with two attached hydrogens (primary N) is 1. The lowest BCUT2D eigenvalue weighted by molar-refractivity contribution is -0.632. The Hall–Kier alpha value is -3.81. The minimum atomic E-state index is -0.368. The summed E-state index contributed by atoms with van der Waals surface area (Å²) in [7, 11) is 1.69. The molecule has 4 aromatic rings. The average Bonchev–Trinajstić information content (AvgIpc) is 2.71. The highest BCUT2D eigenvalue weighted by atomic mass is 16.1. The molecule has 28 heavy (non-hydrogen) atoms. The summed E-state index contributed by atoms with van der Waals surface area (Å²) in [4.78, 5) is 34.3. The Bertz CT molecular complexity index is 1280. The van der Waals surface area contributed by atoms with Crippen molar-refractivity contribution in [2.45, 2.75) is 13.5 Å². The van der Waals surface area contributed by atoms with Gasteiger partial charge in [0.2, 0.25) is 11.5 Å². The molecule has 0 saturated heterocycles. The Balaban J connectivity index is 1.83. The summed E-state index contributed by atoms with van der Waals surface area (Å²) in [5.41, 5.74) is 8.90. The van der Waals surface area contributed by atoms with Crippen LogP contribution in [0, 0.1) is 6.92 Å². The average molecular weight is 375 g/mol. The van der Waals surface area contributed by atoms with E-state index in [1.807, 2.05) is 19.1 Å². The summed E-state index contributed by atoms with van der Waals surface area (Å²) in [5, 5.41) is 3.14. The number of nitrogens with one attached hydrogen (secondary N) is 1. The first-order chi connectivity index (χ1) is 13.5. The minimum absolute atomic E-state index is 0.227. The molecule has 0 radical (unpaired) electrons.